The molecule has 0 aliphatic heterocycles. The molecule has 0 saturated heterocycles. The Morgan fingerprint density at radius 3 is 2.37 bits per heavy atom. The largest absolute Gasteiger partial charge is 0.337 e. The molecule has 0 unspecified atom stereocenters. The van der Waals surface area contributed by atoms with Crippen molar-refractivity contribution in [1.82, 2.24) is 10.1 Å². The van der Waals surface area contributed by atoms with Gasteiger partial charge in [0, 0.05) is 5.92 Å². The molecule has 108 valence electrons. The first-order valence-electron chi connectivity index (χ1n) is 7.53. The lowest BCUT2D eigenvalue weighted by Crippen LogP contribution is -2.35. The van der Waals surface area contributed by atoms with Crippen LogP contribution in [0.15, 0.2) is 4.52 Å². The summed E-state index contributed by atoms with van der Waals surface area (Å²) in [7, 11) is 0. The first-order chi connectivity index (χ1) is 8.90. The zero-order valence-electron chi connectivity index (χ0n) is 12.7. The smallest absolute Gasteiger partial charge is 0.246 e. The maximum absolute atomic E-state index is 6.31. The van der Waals surface area contributed by atoms with Crippen LogP contribution in [0.1, 0.15) is 83.9 Å². The Morgan fingerprint density at radius 2 is 1.84 bits per heavy atom. The monoisotopic (exact) mass is 265 g/mol. The molecule has 19 heavy (non-hydrogen) atoms. The van der Waals surface area contributed by atoms with Gasteiger partial charge in [-0.15, -0.1) is 0 Å². The van der Waals surface area contributed by atoms with Crippen molar-refractivity contribution >= 4 is 0 Å². The van der Waals surface area contributed by atoms with Crippen molar-refractivity contribution in [2.24, 2.45) is 11.1 Å². The molecule has 0 amide bonds. The van der Waals surface area contributed by atoms with E-state index in [1.54, 1.807) is 0 Å². The topological polar surface area (TPSA) is 64.9 Å². The number of hydrogen-bond acceptors (Lipinski definition) is 4. The van der Waals surface area contributed by atoms with Crippen LogP contribution < -0.4 is 5.73 Å². The third kappa shape index (κ3) is 2.99. The standard InChI is InChI=1S/C15H27N3O/c1-5-15(16,6-2)13-17-12(18-19-13)11-7-9-14(3,4)10-8-11/h11H,5-10,16H2,1-4H3. The summed E-state index contributed by atoms with van der Waals surface area (Å²) in [6.45, 7) is 8.81. The summed E-state index contributed by atoms with van der Waals surface area (Å²) in [5.41, 5.74) is 6.31. The summed E-state index contributed by atoms with van der Waals surface area (Å²) in [6.07, 6.45) is 6.42. The molecule has 1 aromatic rings. The first kappa shape index (κ1) is 14.5. The zero-order chi connectivity index (χ0) is 14.1. The Kier molecular flexibility index (Phi) is 4.00. The van der Waals surface area contributed by atoms with Crippen LogP contribution in [0.5, 0.6) is 0 Å². The van der Waals surface area contributed by atoms with Crippen LogP contribution in [0.2, 0.25) is 0 Å². The zero-order valence-corrected chi connectivity index (χ0v) is 12.7. The predicted octanol–water partition coefficient (Wildman–Crippen LogP) is 3.73. The summed E-state index contributed by atoms with van der Waals surface area (Å²) in [5, 5.41) is 4.18. The molecular formula is C15H27N3O. The maximum Gasteiger partial charge on any atom is 0.246 e. The van der Waals surface area contributed by atoms with E-state index in [1.807, 2.05) is 0 Å². The number of hydrogen-bond donors (Lipinski definition) is 1. The van der Waals surface area contributed by atoms with Gasteiger partial charge in [0.1, 0.15) is 0 Å². The van der Waals surface area contributed by atoms with Gasteiger partial charge in [-0.05, 0) is 43.9 Å². The minimum Gasteiger partial charge on any atom is -0.337 e. The Hall–Kier alpha value is -0.900. The summed E-state index contributed by atoms with van der Waals surface area (Å²) in [5.74, 6) is 1.92. The summed E-state index contributed by atoms with van der Waals surface area (Å²) < 4.78 is 5.43. The van der Waals surface area contributed by atoms with Crippen molar-refractivity contribution in [3.63, 3.8) is 0 Å². The van der Waals surface area contributed by atoms with E-state index in [4.69, 9.17) is 10.3 Å². The molecule has 1 saturated carbocycles. The number of rotatable bonds is 4. The van der Waals surface area contributed by atoms with E-state index in [2.05, 4.69) is 37.8 Å². The van der Waals surface area contributed by atoms with Gasteiger partial charge in [-0.2, -0.15) is 4.98 Å². The lowest BCUT2D eigenvalue weighted by atomic mass is 9.73. The fraction of sp³-hybridized carbons (Fsp3) is 0.867. The van der Waals surface area contributed by atoms with Gasteiger partial charge in [0.15, 0.2) is 5.82 Å². The normalized spacial score (nSPS) is 20.7. The lowest BCUT2D eigenvalue weighted by molar-refractivity contribution is 0.217. The van der Waals surface area contributed by atoms with Crippen LogP contribution in [0.4, 0.5) is 0 Å². The maximum atomic E-state index is 6.31. The second kappa shape index (κ2) is 5.23. The highest BCUT2D eigenvalue weighted by Crippen LogP contribution is 2.41. The molecule has 4 nitrogen and oxygen atoms in total. The Labute approximate surface area is 116 Å². The van der Waals surface area contributed by atoms with Gasteiger partial charge in [-0.1, -0.05) is 32.9 Å². The average Bonchev–Trinajstić information content (AvgIpc) is 2.88. The molecule has 1 fully saturated rings. The molecule has 1 aliphatic carbocycles. The fourth-order valence-corrected chi connectivity index (χ4v) is 2.81. The van der Waals surface area contributed by atoms with Crippen molar-refractivity contribution in [3.8, 4) is 0 Å². The second-order valence-corrected chi connectivity index (χ2v) is 6.76. The van der Waals surface area contributed by atoms with Gasteiger partial charge in [0.25, 0.3) is 0 Å². The van der Waals surface area contributed by atoms with Crippen molar-refractivity contribution < 1.29 is 4.52 Å². The van der Waals surface area contributed by atoms with Crippen LogP contribution in [0.3, 0.4) is 0 Å². The molecule has 0 aromatic carbocycles. The van der Waals surface area contributed by atoms with Crippen LogP contribution >= 0.6 is 0 Å². The molecule has 1 aromatic heterocycles. The molecule has 0 bridgehead atoms. The van der Waals surface area contributed by atoms with Crippen LogP contribution in [0.25, 0.3) is 0 Å². The highest BCUT2D eigenvalue weighted by molar-refractivity contribution is 5.05. The van der Waals surface area contributed by atoms with Crippen LogP contribution in [-0.4, -0.2) is 10.1 Å². The molecule has 4 heteroatoms. The van der Waals surface area contributed by atoms with Crippen molar-refractivity contribution in [3.05, 3.63) is 11.7 Å². The summed E-state index contributed by atoms with van der Waals surface area (Å²) >= 11 is 0. The van der Waals surface area contributed by atoms with E-state index in [9.17, 15) is 0 Å². The molecule has 0 radical (unpaired) electrons. The summed E-state index contributed by atoms with van der Waals surface area (Å²) in [6, 6.07) is 0. The lowest BCUT2D eigenvalue weighted by Gasteiger charge is -2.32. The highest BCUT2D eigenvalue weighted by atomic mass is 16.5. The minimum atomic E-state index is -0.459. The highest BCUT2D eigenvalue weighted by Gasteiger charge is 2.33. The summed E-state index contributed by atoms with van der Waals surface area (Å²) in [4.78, 5) is 4.59. The average molecular weight is 265 g/mol. The molecular weight excluding hydrogens is 238 g/mol. The van der Waals surface area contributed by atoms with Crippen molar-refractivity contribution in [2.45, 2.75) is 77.7 Å². The van der Waals surface area contributed by atoms with Crippen molar-refractivity contribution in [2.75, 3.05) is 0 Å². The minimum absolute atomic E-state index is 0.448. The Morgan fingerprint density at radius 1 is 1.26 bits per heavy atom. The van der Waals surface area contributed by atoms with Gasteiger partial charge >= 0.3 is 0 Å². The van der Waals surface area contributed by atoms with Gasteiger partial charge in [0.05, 0.1) is 5.54 Å². The fourth-order valence-electron chi connectivity index (χ4n) is 2.81. The molecule has 1 aliphatic rings. The van der Waals surface area contributed by atoms with Gasteiger partial charge in [-0.25, -0.2) is 0 Å². The SMILES string of the molecule is CCC(N)(CC)c1nc(C2CCC(C)(C)CC2)no1. The second-order valence-electron chi connectivity index (χ2n) is 6.76. The van der Waals surface area contributed by atoms with E-state index in [-0.39, 0.29) is 0 Å². The van der Waals surface area contributed by atoms with Crippen molar-refractivity contribution in [1.29, 1.82) is 0 Å². The Balaban J connectivity index is 2.10. The number of aromatic nitrogens is 2. The van der Waals surface area contributed by atoms with Crippen LogP contribution in [-0.2, 0) is 5.54 Å². The molecule has 2 rings (SSSR count). The van der Waals surface area contributed by atoms with E-state index in [0.29, 0.717) is 17.2 Å². The number of nitrogens with two attached hydrogens (primary N) is 1. The van der Waals surface area contributed by atoms with E-state index in [1.165, 1.54) is 12.8 Å². The van der Waals surface area contributed by atoms with E-state index >= 15 is 0 Å². The van der Waals surface area contributed by atoms with Gasteiger partial charge in [0.2, 0.25) is 5.89 Å². The third-order valence-electron chi connectivity index (χ3n) is 4.83. The molecule has 2 N–H and O–H groups in total. The Bertz CT molecular complexity index is 411. The third-order valence-corrected chi connectivity index (χ3v) is 4.83. The first-order valence-corrected chi connectivity index (χ1v) is 7.53. The van der Waals surface area contributed by atoms with Gasteiger partial charge in [-0.3, -0.25) is 0 Å². The molecule has 0 atom stereocenters. The van der Waals surface area contributed by atoms with E-state index < -0.39 is 5.54 Å². The number of nitrogens with zero attached hydrogens (tertiary/aromatic N) is 2. The van der Waals surface area contributed by atoms with Crippen LogP contribution in [0, 0.1) is 5.41 Å². The van der Waals surface area contributed by atoms with Gasteiger partial charge < -0.3 is 10.3 Å². The molecule has 1 heterocycles. The quantitative estimate of drug-likeness (QED) is 0.901. The van der Waals surface area contributed by atoms with E-state index in [0.717, 1.165) is 31.5 Å². The predicted molar refractivity (Wildman–Crippen MR) is 75.7 cm³/mol. The molecule has 0 spiro atoms.